The van der Waals surface area contributed by atoms with Crippen LogP contribution in [0.4, 0.5) is 0 Å². The van der Waals surface area contributed by atoms with E-state index in [1.807, 2.05) is 45.0 Å². The molecule has 0 saturated carbocycles. The average molecular weight is 392 g/mol. The maximum absolute atomic E-state index is 12.9. The molecule has 0 aliphatic heterocycles. The van der Waals surface area contributed by atoms with Crippen LogP contribution < -0.4 is 14.2 Å². The van der Waals surface area contributed by atoms with Crippen LogP contribution in [0.25, 0.3) is 0 Å². The van der Waals surface area contributed by atoms with Crippen molar-refractivity contribution in [3.63, 3.8) is 0 Å². The highest BCUT2D eigenvalue weighted by atomic mass is 32.2. The third-order valence-corrected chi connectivity index (χ3v) is 6.11. The van der Waals surface area contributed by atoms with E-state index in [2.05, 4.69) is 4.72 Å². The van der Waals surface area contributed by atoms with E-state index in [1.54, 1.807) is 33.1 Å². The van der Waals surface area contributed by atoms with Gasteiger partial charge < -0.3 is 9.47 Å². The molecule has 2 aromatic rings. The fourth-order valence-electron chi connectivity index (χ4n) is 2.89. The number of nitrogens with one attached hydrogen (secondary N) is 1. The maximum Gasteiger partial charge on any atom is 0.241 e. The number of rotatable bonds is 8. The van der Waals surface area contributed by atoms with Crippen LogP contribution in [0.1, 0.15) is 43.4 Å². The molecule has 0 radical (unpaired) electrons. The lowest BCUT2D eigenvalue weighted by Gasteiger charge is -2.19. The van der Waals surface area contributed by atoms with Crippen molar-refractivity contribution in [2.75, 3.05) is 13.7 Å². The van der Waals surface area contributed by atoms with Gasteiger partial charge in [-0.25, -0.2) is 13.1 Å². The number of ether oxygens (including phenoxy) is 2. The summed E-state index contributed by atoms with van der Waals surface area (Å²) in [6.07, 6.45) is 0. The number of hydrogen-bond acceptors (Lipinski definition) is 4. The van der Waals surface area contributed by atoms with Gasteiger partial charge in [-0.3, -0.25) is 0 Å². The van der Waals surface area contributed by atoms with Crippen molar-refractivity contribution in [3.05, 3.63) is 53.1 Å². The van der Waals surface area contributed by atoms with Crippen molar-refractivity contribution >= 4 is 10.0 Å². The second-order valence-corrected chi connectivity index (χ2v) is 8.80. The van der Waals surface area contributed by atoms with E-state index in [1.165, 1.54) is 0 Å². The molecule has 27 heavy (non-hydrogen) atoms. The lowest BCUT2D eigenvalue weighted by Crippen LogP contribution is -2.37. The average Bonchev–Trinajstić information content (AvgIpc) is 2.59. The highest BCUT2D eigenvalue weighted by Crippen LogP contribution is 2.31. The second kappa shape index (κ2) is 8.76. The van der Waals surface area contributed by atoms with Crippen LogP contribution in [0.2, 0.25) is 0 Å². The van der Waals surface area contributed by atoms with E-state index in [0.29, 0.717) is 11.3 Å². The number of benzene rings is 2. The first kappa shape index (κ1) is 21.3. The molecule has 0 amide bonds. The zero-order valence-electron chi connectivity index (χ0n) is 16.9. The molecular formula is C21H29NO4S. The van der Waals surface area contributed by atoms with Crippen LogP contribution in [0, 0.1) is 13.8 Å². The Kier molecular flexibility index (Phi) is 6.89. The summed E-state index contributed by atoms with van der Waals surface area (Å²) in [5, 5.41) is 0. The van der Waals surface area contributed by atoms with Gasteiger partial charge in [-0.15, -0.1) is 0 Å². The summed E-state index contributed by atoms with van der Waals surface area (Å²) in [5.41, 5.74) is 2.53. The zero-order chi connectivity index (χ0) is 20.2. The Hall–Kier alpha value is -2.05. The summed E-state index contributed by atoms with van der Waals surface area (Å²) in [6.45, 7) is 9.79. The second-order valence-electron chi connectivity index (χ2n) is 7.11. The molecule has 0 aromatic heterocycles. The van der Waals surface area contributed by atoms with E-state index >= 15 is 0 Å². The first-order valence-electron chi connectivity index (χ1n) is 9.05. The molecule has 0 bridgehead atoms. The van der Waals surface area contributed by atoms with Gasteiger partial charge in [-0.05, 0) is 61.6 Å². The highest BCUT2D eigenvalue weighted by molar-refractivity contribution is 7.89. The monoisotopic (exact) mass is 391 g/mol. The predicted molar refractivity (Wildman–Crippen MR) is 108 cm³/mol. The van der Waals surface area contributed by atoms with Gasteiger partial charge in [-0.2, -0.15) is 0 Å². The topological polar surface area (TPSA) is 64.6 Å². The number of methoxy groups -OCH3 is 1. The van der Waals surface area contributed by atoms with E-state index in [9.17, 15) is 8.42 Å². The summed E-state index contributed by atoms with van der Waals surface area (Å²) < 4.78 is 39.7. The van der Waals surface area contributed by atoms with Crippen LogP contribution in [0.3, 0.4) is 0 Å². The minimum Gasteiger partial charge on any atom is -0.496 e. The van der Waals surface area contributed by atoms with Gasteiger partial charge in [0.25, 0.3) is 0 Å². The van der Waals surface area contributed by atoms with Gasteiger partial charge in [0.1, 0.15) is 18.1 Å². The SMILES string of the molecule is COc1cc(C)c(S(=O)(=O)N[C@@H](C)COc2ccccc2C)cc1C(C)C. The number of aryl methyl sites for hydroxylation is 2. The first-order chi connectivity index (χ1) is 12.7. The Bertz CT molecular complexity index is 891. The van der Waals surface area contributed by atoms with Gasteiger partial charge >= 0.3 is 0 Å². The Morgan fingerprint density at radius 3 is 2.26 bits per heavy atom. The van der Waals surface area contributed by atoms with Crippen molar-refractivity contribution in [1.29, 1.82) is 0 Å². The normalized spacial score (nSPS) is 12.9. The smallest absolute Gasteiger partial charge is 0.241 e. The lowest BCUT2D eigenvalue weighted by molar-refractivity contribution is 0.285. The Morgan fingerprint density at radius 2 is 1.67 bits per heavy atom. The van der Waals surface area contributed by atoms with Crippen LogP contribution in [-0.4, -0.2) is 28.2 Å². The summed E-state index contributed by atoms with van der Waals surface area (Å²) in [6, 6.07) is 10.8. The third-order valence-electron chi connectivity index (χ3n) is 4.38. The third kappa shape index (κ3) is 5.23. The van der Waals surface area contributed by atoms with E-state index in [-0.39, 0.29) is 23.5 Å². The molecule has 148 valence electrons. The summed E-state index contributed by atoms with van der Waals surface area (Å²) >= 11 is 0. The largest absolute Gasteiger partial charge is 0.496 e. The lowest BCUT2D eigenvalue weighted by atomic mass is 10.0. The maximum atomic E-state index is 12.9. The van der Waals surface area contributed by atoms with Crippen molar-refractivity contribution in [3.8, 4) is 11.5 Å². The molecule has 0 heterocycles. The van der Waals surface area contributed by atoms with Crippen molar-refractivity contribution in [2.24, 2.45) is 0 Å². The zero-order valence-corrected chi connectivity index (χ0v) is 17.7. The molecule has 0 fully saturated rings. The number of sulfonamides is 1. The van der Waals surface area contributed by atoms with E-state index in [4.69, 9.17) is 9.47 Å². The molecule has 0 aliphatic carbocycles. The standard InChI is InChI=1S/C21H29NO4S/c1-14(2)18-12-21(16(4)11-20(18)25-6)27(23,24)22-17(5)13-26-19-10-8-7-9-15(19)3/h7-12,14,17,22H,13H2,1-6H3/t17-/m0/s1. The summed E-state index contributed by atoms with van der Waals surface area (Å²) in [7, 11) is -2.08. The molecule has 1 atom stereocenters. The van der Waals surface area contributed by atoms with Crippen LogP contribution in [0.15, 0.2) is 41.3 Å². The minimum absolute atomic E-state index is 0.149. The van der Waals surface area contributed by atoms with Crippen molar-refractivity contribution in [2.45, 2.75) is 51.5 Å². The van der Waals surface area contributed by atoms with Crippen molar-refractivity contribution < 1.29 is 17.9 Å². The van der Waals surface area contributed by atoms with Gasteiger partial charge in [0.2, 0.25) is 10.0 Å². The molecule has 1 N–H and O–H groups in total. The quantitative estimate of drug-likeness (QED) is 0.733. The molecule has 5 nitrogen and oxygen atoms in total. The van der Waals surface area contributed by atoms with Gasteiger partial charge in [0.15, 0.2) is 0 Å². The van der Waals surface area contributed by atoms with Gasteiger partial charge in [0, 0.05) is 0 Å². The Labute approximate surface area is 162 Å². The van der Waals surface area contributed by atoms with E-state index in [0.717, 1.165) is 16.9 Å². The van der Waals surface area contributed by atoms with Gasteiger partial charge in [0.05, 0.1) is 18.0 Å². The summed E-state index contributed by atoms with van der Waals surface area (Å²) in [5.74, 6) is 1.61. The first-order valence-corrected chi connectivity index (χ1v) is 10.5. The van der Waals surface area contributed by atoms with Gasteiger partial charge in [-0.1, -0.05) is 32.0 Å². The molecule has 0 saturated heterocycles. The Morgan fingerprint density at radius 1 is 1.00 bits per heavy atom. The fourth-order valence-corrected chi connectivity index (χ4v) is 4.38. The number of para-hydroxylation sites is 1. The molecule has 0 unspecified atom stereocenters. The highest BCUT2D eigenvalue weighted by Gasteiger charge is 2.23. The predicted octanol–water partition coefficient (Wildman–Crippen LogP) is 4.18. The molecule has 0 spiro atoms. The Balaban J connectivity index is 2.18. The van der Waals surface area contributed by atoms with E-state index < -0.39 is 10.0 Å². The van der Waals surface area contributed by atoms with Crippen LogP contribution in [-0.2, 0) is 10.0 Å². The summed E-state index contributed by atoms with van der Waals surface area (Å²) in [4.78, 5) is 0.273. The minimum atomic E-state index is -3.67. The number of hydrogen-bond donors (Lipinski definition) is 1. The molecule has 0 aliphatic rings. The van der Waals surface area contributed by atoms with Crippen LogP contribution in [0.5, 0.6) is 11.5 Å². The molecule has 6 heteroatoms. The fraction of sp³-hybridized carbons (Fsp3) is 0.429. The molecule has 2 aromatic carbocycles. The molecule has 2 rings (SSSR count). The van der Waals surface area contributed by atoms with Crippen LogP contribution >= 0.6 is 0 Å². The van der Waals surface area contributed by atoms with Crippen molar-refractivity contribution in [1.82, 2.24) is 4.72 Å². The molecular weight excluding hydrogens is 362 g/mol.